The van der Waals surface area contributed by atoms with E-state index in [2.05, 4.69) is 43.4 Å². The van der Waals surface area contributed by atoms with Crippen LogP contribution in [-0.2, 0) is 11.8 Å². The number of amides is 1. The first-order valence-corrected chi connectivity index (χ1v) is 10.6. The van der Waals surface area contributed by atoms with E-state index in [-0.39, 0.29) is 16.7 Å². The molecule has 0 aliphatic heterocycles. The van der Waals surface area contributed by atoms with E-state index in [0.29, 0.717) is 12.0 Å². The van der Waals surface area contributed by atoms with Gasteiger partial charge in [-0.15, -0.1) is 11.3 Å². The Kier molecular flexibility index (Phi) is 6.56. The molecule has 1 heterocycles. The van der Waals surface area contributed by atoms with Gasteiger partial charge in [-0.05, 0) is 46.2 Å². The molecule has 0 atom stereocenters. The molecule has 3 rings (SSSR count). The van der Waals surface area contributed by atoms with Crippen molar-refractivity contribution in [2.24, 2.45) is 5.10 Å². The molecule has 0 unspecified atom stereocenters. The molecular formula is C24H24N2O4S. The second-order valence-electron chi connectivity index (χ2n) is 8.11. The number of aromatic carboxylic acids is 1. The van der Waals surface area contributed by atoms with E-state index in [1.165, 1.54) is 47.4 Å². The molecule has 2 aromatic carbocycles. The number of rotatable bonds is 6. The monoisotopic (exact) mass is 436 g/mol. The number of thiophene rings is 1. The first-order chi connectivity index (χ1) is 14.7. The number of hydrogen-bond donors (Lipinski definition) is 3. The molecule has 6 nitrogen and oxygen atoms in total. The summed E-state index contributed by atoms with van der Waals surface area (Å²) in [6.07, 6.45) is 1.87. The van der Waals surface area contributed by atoms with E-state index in [4.69, 9.17) is 5.11 Å². The molecule has 0 bridgehead atoms. The van der Waals surface area contributed by atoms with Crippen molar-refractivity contribution in [2.75, 3.05) is 0 Å². The number of benzene rings is 2. The first kappa shape index (κ1) is 22.2. The summed E-state index contributed by atoms with van der Waals surface area (Å²) in [5, 5.41) is 25.3. The Labute approximate surface area is 184 Å². The van der Waals surface area contributed by atoms with Crippen molar-refractivity contribution in [1.29, 1.82) is 0 Å². The lowest BCUT2D eigenvalue weighted by atomic mass is 9.86. The first-order valence-electron chi connectivity index (χ1n) is 9.72. The molecule has 0 fully saturated rings. The highest BCUT2D eigenvalue weighted by molar-refractivity contribution is 7.14. The van der Waals surface area contributed by atoms with Crippen LogP contribution in [0.15, 0.2) is 59.0 Å². The fraction of sp³-hybridized carbons (Fsp3) is 0.208. The van der Waals surface area contributed by atoms with Gasteiger partial charge >= 0.3 is 5.97 Å². The van der Waals surface area contributed by atoms with Gasteiger partial charge in [0.15, 0.2) is 0 Å². The maximum atomic E-state index is 12.1. The van der Waals surface area contributed by atoms with E-state index in [1.54, 1.807) is 0 Å². The van der Waals surface area contributed by atoms with Gasteiger partial charge in [0, 0.05) is 23.8 Å². The van der Waals surface area contributed by atoms with Crippen molar-refractivity contribution < 1.29 is 19.8 Å². The maximum Gasteiger partial charge on any atom is 0.335 e. The van der Waals surface area contributed by atoms with Crippen molar-refractivity contribution in [1.82, 2.24) is 5.43 Å². The van der Waals surface area contributed by atoms with Crippen molar-refractivity contribution in [3.8, 4) is 16.2 Å². The van der Waals surface area contributed by atoms with E-state index in [1.807, 2.05) is 17.5 Å². The minimum Gasteiger partial charge on any atom is -0.506 e. The van der Waals surface area contributed by atoms with Crippen LogP contribution in [0.3, 0.4) is 0 Å². The predicted molar refractivity (Wildman–Crippen MR) is 123 cm³/mol. The second-order valence-corrected chi connectivity index (χ2v) is 8.98. The highest BCUT2D eigenvalue weighted by atomic mass is 32.1. The standard InChI is InChI=1S/C24H24N2O4S/c1-24(2,3)19-10-8-15(9-11-19)21-20(27)18(14-31-21)12-13-25-26-22(28)16-4-6-17(7-5-16)23(29)30/h4-11,13-14,27H,12H2,1-3H3,(H,26,28)(H,29,30). The third-order valence-corrected chi connectivity index (χ3v) is 5.88. The second kappa shape index (κ2) is 9.14. The van der Waals surface area contributed by atoms with Crippen LogP contribution >= 0.6 is 11.3 Å². The minimum absolute atomic E-state index is 0.0698. The smallest absolute Gasteiger partial charge is 0.335 e. The van der Waals surface area contributed by atoms with Crippen molar-refractivity contribution in [3.05, 3.63) is 76.2 Å². The number of nitrogens with zero attached hydrogens (tertiary/aromatic N) is 1. The third-order valence-electron chi connectivity index (χ3n) is 4.81. The lowest BCUT2D eigenvalue weighted by Gasteiger charge is -2.19. The molecule has 1 amide bonds. The molecular weight excluding hydrogens is 412 g/mol. The third kappa shape index (κ3) is 5.38. The van der Waals surface area contributed by atoms with Gasteiger partial charge in [-0.25, -0.2) is 10.2 Å². The summed E-state index contributed by atoms with van der Waals surface area (Å²) in [6.45, 7) is 6.48. The van der Waals surface area contributed by atoms with Crippen LogP contribution in [0.25, 0.3) is 10.4 Å². The molecule has 7 heteroatoms. The summed E-state index contributed by atoms with van der Waals surface area (Å²) >= 11 is 1.46. The highest BCUT2D eigenvalue weighted by Gasteiger charge is 2.16. The number of hydrogen-bond acceptors (Lipinski definition) is 5. The molecule has 0 aliphatic carbocycles. The molecule has 0 spiro atoms. The number of nitrogens with one attached hydrogen (secondary N) is 1. The van der Waals surface area contributed by atoms with E-state index < -0.39 is 11.9 Å². The van der Waals surface area contributed by atoms with Gasteiger partial charge in [0.25, 0.3) is 5.91 Å². The lowest BCUT2D eigenvalue weighted by molar-refractivity contribution is 0.0696. The molecule has 31 heavy (non-hydrogen) atoms. The fourth-order valence-electron chi connectivity index (χ4n) is 2.94. The Morgan fingerprint density at radius 3 is 2.23 bits per heavy atom. The molecule has 0 aliphatic rings. The van der Waals surface area contributed by atoms with Gasteiger partial charge < -0.3 is 10.2 Å². The number of carbonyl (C=O) groups is 2. The zero-order valence-electron chi connectivity index (χ0n) is 17.5. The predicted octanol–water partition coefficient (Wildman–Crippen LogP) is 5.07. The molecule has 3 aromatic rings. The van der Waals surface area contributed by atoms with Crippen LogP contribution in [0.4, 0.5) is 0 Å². The van der Waals surface area contributed by atoms with Crippen LogP contribution in [0.1, 0.15) is 52.6 Å². The van der Waals surface area contributed by atoms with E-state index in [9.17, 15) is 14.7 Å². The SMILES string of the molecule is CC(C)(C)c1ccc(-c2scc(CC=NNC(=O)c3ccc(C(=O)O)cc3)c2O)cc1. The summed E-state index contributed by atoms with van der Waals surface area (Å²) in [6, 6.07) is 13.8. The summed E-state index contributed by atoms with van der Waals surface area (Å²) < 4.78 is 0. The summed E-state index contributed by atoms with van der Waals surface area (Å²) in [5.41, 5.74) is 5.80. The summed E-state index contributed by atoms with van der Waals surface area (Å²) in [7, 11) is 0. The zero-order valence-corrected chi connectivity index (χ0v) is 18.4. The van der Waals surface area contributed by atoms with Crippen LogP contribution in [0, 0.1) is 0 Å². The number of carboxylic acid groups (broad SMARTS) is 1. The zero-order chi connectivity index (χ0) is 22.6. The Balaban J connectivity index is 1.61. The molecule has 0 saturated heterocycles. The van der Waals surface area contributed by atoms with Crippen LogP contribution in [0.2, 0.25) is 0 Å². The van der Waals surface area contributed by atoms with Gasteiger partial charge in [0.05, 0.1) is 10.4 Å². The Morgan fingerprint density at radius 1 is 1.03 bits per heavy atom. The molecule has 1 aromatic heterocycles. The topological polar surface area (TPSA) is 99.0 Å². The summed E-state index contributed by atoms with van der Waals surface area (Å²) in [4.78, 5) is 23.7. The van der Waals surface area contributed by atoms with Crippen molar-refractivity contribution in [2.45, 2.75) is 32.6 Å². The molecule has 0 radical (unpaired) electrons. The van der Waals surface area contributed by atoms with E-state index >= 15 is 0 Å². The maximum absolute atomic E-state index is 12.1. The van der Waals surface area contributed by atoms with Gasteiger partial charge in [0.1, 0.15) is 5.75 Å². The Hall–Kier alpha value is -3.45. The normalized spacial score (nSPS) is 11.6. The summed E-state index contributed by atoms with van der Waals surface area (Å²) in [5.74, 6) is -1.28. The van der Waals surface area contributed by atoms with Gasteiger partial charge in [-0.1, -0.05) is 45.0 Å². The average molecular weight is 437 g/mol. The molecule has 3 N–H and O–H groups in total. The van der Waals surface area contributed by atoms with Crippen LogP contribution < -0.4 is 5.43 Å². The number of hydrazone groups is 1. The largest absolute Gasteiger partial charge is 0.506 e. The minimum atomic E-state index is -1.05. The Morgan fingerprint density at radius 2 is 1.65 bits per heavy atom. The molecule has 0 saturated carbocycles. The average Bonchev–Trinajstić information content (AvgIpc) is 3.11. The van der Waals surface area contributed by atoms with Gasteiger partial charge in [-0.2, -0.15) is 5.10 Å². The van der Waals surface area contributed by atoms with Crippen molar-refractivity contribution >= 4 is 29.4 Å². The fourth-order valence-corrected chi connectivity index (χ4v) is 3.92. The number of aromatic hydroxyl groups is 1. The quantitative estimate of drug-likeness (QED) is 0.371. The molecule has 160 valence electrons. The number of carbonyl (C=O) groups excluding carboxylic acids is 1. The van der Waals surface area contributed by atoms with Crippen molar-refractivity contribution in [3.63, 3.8) is 0 Å². The van der Waals surface area contributed by atoms with Gasteiger partial charge in [-0.3, -0.25) is 4.79 Å². The highest BCUT2D eigenvalue weighted by Crippen LogP contribution is 2.39. The number of carboxylic acids is 1. The van der Waals surface area contributed by atoms with E-state index in [0.717, 1.165) is 16.0 Å². The van der Waals surface area contributed by atoms with Crippen LogP contribution in [-0.4, -0.2) is 28.3 Å². The van der Waals surface area contributed by atoms with Crippen LogP contribution in [0.5, 0.6) is 5.75 Å². The lowest BCUT2D eigenvalue weighted by Crippen LogP contribution is -2.17. The Bertz CT molecular complexity index is 1110. The van der Waals surface area contributed by atoms with Gasteiger partial charge in [0.2, 0.25) is 0 Å².